The van der Waals surface area contributed by atoms with Crippen LogP contribution in [0.2, 0.25) is 0 Å². The lowest BCUT2D eigenvalue weighted by atomic mass is 10.3. The normalized spacial score (nSPS) is 10.1. The van der Waals surface area contributed by atoms with Crippen molar-refractivity contribution in [2.45, 2.75) is 0 Å². The molecule has 2 aromatic carbocycles. The molecule has 92 valence electrons. The van der Waals surface area contributed by atoms with Crippen molar-refractivity contribution in [1.82, 2.24) is 0 Å². The third kappa shape index (κ3) is 2.84. The van der Waals surface area contributed by atoms with E-state index in [1.807, 2.05) is 0 Å². The maximum atomic E-state index is 13.3. The van der Waals surface area contributed by atoms with E-state index in [-0.39, 0.29) is 17.2 Å². The minimum absolute atomic E-state index is 0.0786. The molecule has 0 atom stereocenters. The first-order valence-electron chi connectivity index (χ1n) is 4.93. The average molecular weight is 312 g/mol. The molecule has 2 aromatic rings. The van der Waals surface area contributed by atoms with E-state index in [9.17, 15) is 14.5 Å². The van der Waals surface area contributed by atoms with Crippen LogP contribution in [0.4, 0.5) is 10.1 Å². The second-order valence-electron chi connectivity index (χ2n) is 3.43. The van der Waals surface area contributed by atoms with Gasteiger partial charge in [-0.3, -0.25) is 10.1 Å². The molecule has 18 heavy (non-hydrogen) atoms. The van der Waals surface area contributed by atoms with Crippen LogP contribution in [0.15, 0.2) is 46.9 Å². The summed E-state index contributed by atoms with van der Waals surface area (Å²) in [4.78, 5) is 10.1. The predicted molar refractivity (Wildman–Crippen MR) is 67.3 cm³/mol. The van der Waals surface area contributed by atoms with Crippen LogP contribution >= 0.6 is 15.9 Å². The Kier molecular flexibility index (Phi) is 3.57. The summed E-state index contributed by atoms with van der Waals surface area (Å²) < 4.78 is 18.9. The Morgan fingerprint density at radius 1 is 1.17 bits per heavy atom. The van der Waals surface area contributed by atoms with Crippen molar-refractivity contribution in [3.63, 3.8) is 0 Å². The summed E-state index contributed by atoms with van der Waals surface area (Å²) in [6.45, 7) is 0. The van der Waals surface area contributed by atoms with Gasteiger partial charge in [0, 0.05) is 12.1 Å². The van der Waals surface area contributed by atoms with Crippen LogP contribution in [0.5, 0.6) is 11.5 Å². The highest BCUT2D eigenvalue weighted by atomic mass is 79.9. The largest absolute Gasteiger partial charge is 0.457 e. The van der Waals surface area contributed by atoms with Crippen molar-refractivity contribution in [1.29, 1.82) is 0 Å². The van der Waals surface area contributed by atoms with Gasteiger partial charge in [0.15, 0.2) is 0 Å². The summed E-state index contributed by atoms with van der Waals surface area (Å²) in [6, 6.07) is 9.96. The molecular formula is C12H7BrFNO3. The van der Waals surface area contributed by atoms with Gasteiger partial charge < -0.3 is 4.74 Å². The molecule has 0 saturated heterocycles. The van der Waals surface area contributed by atoms with Crippen LogP contribution in [0.3, 0.4) is 0 Å². The van der Waals surface area contributed by atoms with Gasteiger partial charge >= 0.3 is 0 Å². The lowest BCUT2D eigenvalue weighted by molar-refractivity contribution is -0.384. The topological polar surface area (TPSA) is 52.4 Å². The van der Waals surface area contributed by atoms with E-state index in [4.69, 9.17) is 4.74 Å². The van der Waals surface area contributed by atoms with Crippen LogP contribution in [-0.2, 0) is 0 Å². The quantitative estimate of drug-likeness (QED) is 0.627. The molecule has 0 aliphatic heterocycles. The molecule has 0 N–H and O–H groups in total. The van der Waals surface area contributed by atoms with Gasteiger partial charge in [0.2, 0.25) is 0 Å². The van der Waals surface area contributed by atoms with E-state index < -0.39 is 10.7 Å². The highest BCUT2D eigenvalue weighted by Gasteiger charge is 2.08. The number of halogens is 2. The van der Waals surface area contributed by atoms with E-state index >= 15 is 0 Å². The smallest absolute Gasteiger partial charge is 0.273 e. The first-order chi connectivity index (χ1) is 8.56. The Labute approximate surface area is 110 Å². The molecule has 0 heterocycles. The molecular weight excluding hydrogens is 305 g/mol. The van der Waals surface area contributed by atoms with Gasteiger partial charge in [-0.05, 0) is 34.1 Å². The number of ether oxygens (including phenoxy) is 1. The second-order valence-corrected chi connectivity index (χ2v) is 4.29. The summed E-state index contributed by atoms with van der Waals surface area (Å²) >= 11 is 3.03. The number of rotatable bonds is 3. The van der Waals surface area contributed by atoms with Crippen LogP contribution < -0.4 is 4.74 Å². The average Bonchev–Trinajstić information content (AvgIpc) is 2.34. The lowest BCUT2D eigenvalue weighted by Gasteiger charge is -2.05. The van der Waals surface area contributed by atoms with E-state index in [2.05, 4.69) is 15.9 Å². The van der Waals surface area contributed by atoms with Crippen molar-refractivity contribution < 1.29 is 14.1 Å². The molecule has 0 aromatic heterocycles. The minimum Gasteiger partial charge on any atom is -0.457 e. The fourth-order valence-corrected chi connectivity index (χ4v) is 1.58. The standard InChI is InChI=1S/C12H7BrFNO3/c13-11-5-4-10(7-12(11)14)18-9-3-1-2-8(6-9)15(16)17/h1-7H. The third-order valence-corrected chi connectivity index (χ3v) is 2.80. The SMILES string of the molecule is O=[N+]([O-])c1cccc(Oc2ccc(Br)c(F)c2)c1. The molecule has 0 unspecified atom stereocenters. The van der Waals surface area contributed by atoms with Gasteiger partial charge in [0.05, 0.1) is 15.5 Å². The zero-order valence-electron chi connectivity index (χ0n) is 8.97. The van der Waals surface area contributed by atoms with Gasteiger partial charge in [-0.25, -0.2) is 4.39 Å². The van der Waals surface area contributed by atoms with Gasteiger partial charge in [-0.1, -0.05) is 6.07 Å². The van der Waals surface area contributed by atoms with Crippen LogP contribution in [0.1, 0.15) is 0 Å². The van der Waals surface area contributed by atoms with Crippen LogP contribution in [0.25, 0.3) is 0 Å². The minimum atomic E-state index is -0.519. The van der Waals surface area contributed by atoms with Crippen molar-refractivity contribution in [3.8, 4) is 11.5 Å². The molecule has 0 aliphatic carbocycles. The maximum absolute atomic E-state index is 13.3. The molecule has 2 rings (SSSR count). The Bertz CT molecular complexity index is 604. The molecule has 0 amide bonds. The number of hydrogen-bond acceptors (Lipinski definition) is 3. The Balaban J connectivity index is 2.25. The van der Waals surface area contributed by atoms with Crippen molar-refractivity contribution in [3.05, 3.63) is 62.9 Å². The molecule has 0 fully saturated rings. The van der Waals surface area contributed by atoms with E-state index in [1.165, 1.54) is 30.3 Å². The predicted octanol–water partition coefficient (Wildman–Crippen LogP) is 4.29. The molecule has 6 heteroatoms. The first kappa shape index (κ1) is 12.5. The molecule has 0 aliphatic rings. The van der Waals surface area contributed by atoms with Crippen molar-refractivity contribution >= 4 is 21.6 Å². The monoisotopic (exact) mass is 311 g/mol. The van der Waals surface area contributed by atoms with Crippen molar-refractivity contribution in [2.75, 3.05) is 0 Å². The van der Waals surface area contributed by atoms with Crippen LogP contribution in [0, 0.1) is 15.9 Å². The number of nitro benzene ring substituents is 1. The number of non-ortho nitro benzene ring substituents is 1. The van der Waals surface area contributed by atoms with E-state index in [1.54, 1.807) is 12.1 Å². The zero-order chi connectivity index (χ0) is 13.1. The third-order valence-electron chi connectivity index (χ3n) is 2.16. The van der Waals surface area contributed by atoms with Gasteiger partial charge in [0.25, 0.3) is 5.69 Å². The molecule has 0 saturated carbocycles. The summed E-state index contributed by atoms with van der Waals surface area (Å²) in [5.74, 6) is 0.0973. The van der Waals surface area contributed by atoms with E-state index in [0.29, 0.717) is 4.47 Å². The fraction of sp³-hybridized carbons (Fsp3) is 0. The summed E-state index contributed by atoms with van der Waals surface area (Å²) in [7, 11) is 0. The Morgan fingerprint density at radius 2 is 1.89 bits per heavy atom. The first-order valence-corrected chi connectivity index (χ1v) is 5.73. The second kappa shape index (κ2) is 5.14. The Hall–Kier alpha value is -1.95. The molecule has 0 spiro atoms. The molecule has 0 bridgehead atoms. The fourth-order valence-electron chi connectivity index (χ4n) is 1.34. The summed E-state index contributed by atoms with van der Waals surface area (Å²) in [6.07, 6.45) is 0. The highest BCUT2D eigenvalue weighted by Crippen LogP contribution is 2.27. The lowest BCUT2D eigenvalue weighted by Crippen LogP contribution is -1.90. The summed E-state index contributed by atoms with van der Waals surface area (Å²) in [5, 5.41) is 10.6. The highest BCUT2D eigenvalue weighted by molar-refractivity contribution is 9.10. The van der Waals surface area contributed by atoms with Gasteiger partial charge in [0.1, 0.15) is 17.3 Å². The van der Waals surface area contributed by atoms with Crippen molar-refractivity contribution in [2.24, 2.45) is 0 Å². The van der Waals surface area contributed by atoms with Gasteiger partial charge in [-0.15, -0.1) is 0 Å². The number of hydrogen-bond donors (Lipinski definition) is 0. The Morgan fingerprint density at radius 3 is 2.56 bits per heavy atom. The molecule has 0 radical (unpaired) electrons. The van der Waals surface area contributed by atoms with E-state index in [0.717, 1.165) is 0 Å². The summed E-state index contributed by atoms with van der Waals surface area (Å²) in [5.41, 5.74) is -0.0786. The van der Waals surface area contributed by atoms with Crippen LogP contribution in [-0.4, -0.2) is 4.92 Å². The molecule has 4 nitrogen and oxygen atoms in total. The number of nitro groups is 1. The number of nitrogens with zero attached hydrogens (tertiary/aromatic N) is 1. The zero-order valence-corrected chi connectivity index (χ0v) is 10.6. The number of benzene rings is 2. The van der Waals surface area contributed by atoms with Gasteiger partial charge in [-0.2, -0.15) is 0 Å². The maximum Gasteiger partial charge on any atom is 0.273 e.